The summed E-state index contributed by atoms with van der Waals surface area (Å²) >= 11 is 0. The number of para-hydroxylation sites is 2. The van der Waals surface area contributed by atoms with E-state index >= 15 is 0 Å². The van der Waals surface area contributed by atoms with Gasteiger partial charge in [-0.3, -0.25) is 4.79 Å². The molecule has 8 heteroatoms. The van der Waals surface area contributed by atoms with Gasteiger partial charge in [-0.15, -0.1) is 0 Å². The first kappa shape index (κ1) is 19.7. The van der Waals surface area contributed by atoms with E-state index in [2.05, 4.69) is 10.0 Å². The summed E-state index contributed by atoms with van der Waals surface area (Å²) < 4.78 is 38.8. The number of ether oxygens (including phenoxy) is 2. The van der Waals surface area contributed by atoms with Crippen LogP contribution in [-0.2, 0) is 27.7 Å². The van der Waals surface area contributed by atoms with Gasteiger partial charge < -0.3 is 14.8 Å². The van der Waals surface area contributed by atoms with Crippen molar-refractivity contribution in [2.24, 2.45) is 0 Å². The van der Waals surface area contributed by atoms with E-state index in [1.165, 1.54) is 5.56 Å². The largest absolute Gasteiger partial charge is 0.486 e. The predicted molar refractivity (Wildman–Crippen MR) is 108 cm³/mol. The maximum Gasteiger partial charge on any atom is 0.241 e. The van der Waals surface area contributed by atoms with Crippen LogP contribution in [0.25, 0.3) is 0 Å². The first-order chi connectivity index (χ1) is 14.0. The van der Waals surface area contributed by atoms with Crippen molar-refractivity contribution in [3.05, 3.63) is 53.6 Å². The van der Waals surface area contributed by atoms with Crippen molar-refractivity contribution in [3.63, 3.8) is 0 Å². The Morgan fingerprint density at radius 2 is 1.79 bits per heavy atom. The zero-order valence-corrected chi connectivity index (χ0v) is 16.8. The molecule has 29 heavy (non-hydrogen) atoms. The predicted octanol–water partition coefficient (Wildman–Crippen LogP) is 1.80. The molecule has 0 spiro atoms. The molecule has 2 aliphatic rings. The second kappa shape index (κ2) is 8.42. The van der Waals surface area contributed by atoms with E-state index in [4.69, 9.17) is 9.47 Å². The average Bonchev–Trinajstić information content (AvgIpc) is 2.76. The molecule has 0 bridgehead atoms. The normalized spacial score (nSPS) is 18.0. The Bertz CT molecular complexity index is 1010. The summed E-state index contributed by atoms with van der Waals surface area (Å²) in [4.78, 5) is 12.3. The number of carbonyl (C=O) groups is 1. The number of amides is 1. The van der Waals surface area contributed by atoms with Gasteiger partial charge in [0.25, 0.3) is 0 Å². The maximum atomic E-state index is 12.5. The van der Waals surface area contributed by atoms with E-state index in [1.807, 2.05) is 24.3 Å². The molecule has 1 heterocycles. The second-order valence-electron chi connectivity index (χ2n) is 7.26. The molecule has 0 saturated heterocycles. The minimum atomic E-state index is -3.74. The summed E-state index contributed by atoms with van der Waals surface area (Å²) in [5.74, 6) is 0.882. The van der Waals surface area contributed by atoms with Crippen molar-refractivity contribution < 1.29 is 22.7 Å². The molecule has 1 aliphatic carbocycles. The lowest BCUT2D eigenvalue weighted by molar-refractivity contribution is -0.120. The van der Waals surface area contributed by atoms with E-state index in [1.54, 1.807) is 18.2 Å². The van der Waals surface area contributed by atoms with Crippen molar-refractivity contribution >= 4 is 15.9 Å². The smallest absolute Gasteiger partial charge is 0.241 e. The first-order valence-electron chi connectivity index (χ1n) is 9.78. The van der Waals surface area contributed by atoms with Gasteiger partial charge in [0.2, 0.25) is 15.9 Å². The molecule has 154 valence electrons. The highest BCUT2D eigenvalue weighted by atomic mass is 32.2. The van der Waals surface area contributed by atoms with E-state index in [0.29, 0.717) is 18.1 Å². The van der Waals surface area contributed by atoms with Gasteiger partial charge in [0.05, 0.1) is 18.0 Å². The molecule has 0 radical (unpaired) electrons. The zero-order valence-electron chi connectivity index (χ0n) is 16.0. The van der Waals surface area contributed by atoms with Crippen LogP contribution in [0.1, 0.15) is 24.0 Å². The molecule has 2 N–H and O–H groups in total. The molecule has 4 rings (SSSR count). The second-order valence-corrected chi connectivity index (χ2v) is 9.03. The van der Waals surface area contributed by atoms with Crippen molar-refractivity contribution in [2.75, 3.05) is 19.7 Å². The number of aryl methyl sites for hydroxylation is 2. The Labute approximate surface area is 170 Å². The third-order valence-corrected chi connectivity index (χ3v) is 6.55. The molecule has 0 aromatic heterocycles. The van der Waals surface area contributed by atoms with Gasteiger partial charge >= 0.3 is 0 Å². The lowest BCUT2D eigenvalue weighted by atomic mass is 9.92. The van der Waals surface area contributed by atoms with Crippen LogP contribution in [0.5, 0.6) is 11.5 Å². The summed E-state index contributed by atoms with van der Waals surface area (Å²) in [6.07, 6.45) is 3.77. The van der Waals surface area contributed by atoms with Crippen LogP contribution < -0.4 is 19.5 Å². The molecular formula is C21H24N2O5S. The minimum absolute atomic E-state index is 0.201. The average molecular weight is 416 g/mol. The van der Waals surface area contributed by atoms with Crippen LogP contribution in [0.4, 0.5) is 0 Å². The van der Waals surface area contributed by atoms with Crippen molar-refractivity contribution in [3.8, 4) is 11.5 Å². The summed E-state index contributed by atoms with van der Waals surface area (Å²) in [5.41, 5.74) is 2.29. The summed E-state index contributed by atoms with van der Waals surface area (Å²) in [6, 6.07) is 12.5. The van der Waals surface area contributed by atoms with Crippen molar-refractivity contribution in [2.45, 2.75) is 36.7 Å². The van der Waals surface area contributed by atoms with Crippen LogP contribution in [0.2, 0.25) is 0 Å². The zero-order chi connectivity index (χ0) is 20.3. The number of fused-ring (bicyclic) bond motifs is 2. The molecule has 1 amide bonds. The number of rotatable bonds is 6. The van der Waals surface area contributed by atoms with E-state index in [9.17, 15) is 13.2 Å². The molecule has 0 saturated carbocycles. The highest BCUT2D eigenvalue weighted by Gasteiger charge is 2.22. The van der Waals surface area contributed by atoms with Gasteiger partial charge in [-0.25, -0.2) is 13.1 Å². The van der Waals surface area contributed by atoms with Gasteiger partial charge in [0.15, 0.2) is 11.5 Å². The lowest BCUT2D eigenvalue weighted by Crippen LogP contribution is -2.44. The monoisotopic (exact) mass is 416 g/mol. The highest BCUT2D eigenvalue weighted by Crippen LogP contribution is 2.30. The summed E-state index contributed by atoms with van der Waals surface area (Å²) in [6.45, 7) is 0.218. The number of hydrogen-bond acceptors (Lipinski definition) is 5. The number of hydrogen-bond donors (Lipinski definition) is 2. The highest BCUT2D eigenvalue weighted by molar-refractivity contribution is 7.89. The molecule has 1 aliphatic heterocycles. The third-order valence-electron chi connectivity index (χ3n) is 5.15. The fourth-order valence-corrected chi connectivity index (χ4v) is 4.61. The van der Waals surface area contributed by atoms with Gasteiger partial charge in [0, 0.05) is 0 Å². The van der Waals surface area contributed by atoms with E-state index < -0.39 is 15.9 Å². The SMILES string of the molecule is O=C(CNS(=O)(=O)c1ccc2c(c1)CCCC2)NC[C@@H]1COc2ccccc2O1. The molecule has 2 aromatic carbocycles. The fraction of sp³-hybridized carbons (Fsp3) is 0.381. The number of sulfonamides is 1. The van der Waals surface area contributed by atoms with Crippen LogP contribution in [0.3, 0.4) is 0 Å². The summed E-state index contributed by atoms with van der Waals surface area (Å²) in [5, 5.41) is 2.69. The Kier molecular flexibility index (Phi) is 5.73. The molecule has 0 fully saturated rings. The first-order valence-corrected chi connectivity index (χ1v) is 11.3. The van der Waals surface area contributed by atoms with Gasteiger partial charge in [-0.05, 0) is 61.1 Å². The number of nitrogens with one attached hydrogen (secondary N) is 2. The van der Waals surface area contributed by atoms with Gasteiger partial charge in [0.1, 0.15) is 12.7 Å². The standard InChI is InChI=1S/C21H24N2O5S/c24-21(22-12-17-14-27-19-7-3-4-8-20(19)28-17)13-23-29(25,26)18-10-9-15-5-1-2-6-16(15)11-18/h3-4,7-11,17,23H,1-2,5-6,12-14H2,(H,22,24)/t17-/m1/s1. The van der Waals surface area contributed by atoms with E-state index in [-0.39, 0.29) is 24.1 Å². The Morgan fingerprint density at radius 3 is 2.62 bits per heavy atom. The molecule has 7 nitrogen and oxygen atoms in total. The fourth-order valence-electron chi connectivity index (χ4n) is 3.57. The number of carbonyl (C=O) groups excluding carboxylic acids is 1. The molecule has 2 aromatic rings. The Balaban J connectivity index is 1.28. The molecule has 1 atom stereocenters. The summed E-state index contributed by atoms with van der Waals surface area (Å²) in [7, 11) is -3.74. The van der Waals surface area contributed by atoms with Crippen LogP contribution >= 0.6 is 0 Å². The minimum Gasteiger partial charge on any atom is -0.486 e. The Morgan fingerprint density at radius 1 is 1.03 bits per heavy atom. The lowest BCUT2D eigenvalue weighted by Gasteiger charge is -2.26. The Hall–Kier alpha value is -2.58. The van der Waals surface area contributed by atoms with Crippen molar-refractivity contribution in [1.29, 1.82) is 0 Å². The molecule has 0 unspecified atom stereocenters. The quantitative estimate of drug-likeness (QED) is 0.749. The van der Waals surface area contributed by atoms with Crippen LogP contribution in [-0.4, -0.2) is 40.1 Å². The van der Waals surface area contributed by atoms with Crippen molar-refractivity contribution in [1.82, 2.24) is 10.0 Å². The molecular weight excluding hydrogens is 392 g/mol. The maximum absolute atomic E-state index is 12.5. The van der Waals surface area contributed by atoms with Crippen LogP contribution in [0.15, 0.2) is 47.4 Å². The van der Waals surface area contributed by atoms with Gasteiger partial charge in [-0.1, -0.05) is 18.2 Å². The van der Waals surface area contributed by atoms with Gasteiger partial charge in [-0.2, -0.15) is 0 Å². The van der Waals surface area contributed by atoms with E-state index in [0.717, 1.165) is 31.2 Å². The van der Waals surface area contributed by atoms with Crippen LogP contribution in [0, 0.1) is 0 Å². The number of benzene rings is 2. The third kappa shape index (κ3) is 4.71. The topological polar surface area (TPSA) is 93.7 Å².